The number of carbonyl (C=O) groups is 2. The van der Waals surface area contributed by atoms with Crippen LogP contribution in [-0.2, 0) is 19.1 Å². The fourth-order valence-corrected chi connectivity index (χ4v) is 1.84. The molecule has 18 heavy (non-hydrogen) atoms. The van der Waals surface area contributed by atoms with Gasteiger partial charge in [-0.3, -0.25) is 4.79 Å². The van der Waals surface area contributed by atoms with Crippen LogP contribution >= 0.6 is 0 Å². The first-order valence-corrected chi connectivity index (χ1v) is 6.36. The maximum atomic E-state index is 12.4. The number of esters is 1. The molecule has 1 aliphatic rings. The molecule has 0 aliphatic carbocycles. The molecule has 0 amide bonds. The van der Waals surface area contributed by atoms with Gasteiger partial charge in [-0.1, -0.05) is 13.8 Å². The summed E-state index contributed by atoms with van der Waals surface area (Å²) >= 11 is 0. The van der Waals surface area contributed by atoms with Crippen LogP contribution in [0.4, 0.5) is 0 Å². The van der Waals surface area contributed by atoms with Crippen molar-refractivity contribution in [2.75, 3.05) is 6.61 Å². The molecule has 0 N–H and O–H groups in total. The maximum absolute atomic E-state index is 12.4. The minimum absolute atomic E-state index is 0.0214. The van der Waals surface area contributed by atoms with Gasteiger partial charge < -0.3 is 9.47 Å². The van der Waals surface area contributed by atoms with E-state index < -0.39 is 11.3 Å². The highest BCUT2D eigenvalue weighted by molar-refractivity contribution is 6.37. The van der Waals surface area contributed by atoms with Gasteiger partial charge in [0.15, 0.2) is 5.78 Å². The highest BCUT2D eigenvalue weighted by atomic mass is 16.5. The SMILES string of the molecule is BC(C)C1=C(C(=O)OCC)C(=O)C(B)(C)C(C)O1. The van der Waals surface area contributed by atoms with Crippen molar-refractivity contribution in [1.82, 2.24) is 0 Å². The molecule has 0 bridgehead atoms. The lowest BCUT2D eigenvalue weighted by Crippen LogP contribution is -2.42. The number of rotatable bonds is 3. The van der Waals surface area contributed by atoms with E-state index in [1.807, 2.05) is 21.7 Å². The van der Waals surface area contributed by atoms with Crippen LogP contribution in [0.5, 0.6) is 0 Å². The Balaban J connectivity index is 3.29. The van der Waals surface area contributed by atoms with Gasteiger partial charge in [0.2, 0.25) is 0 Å². The molecular formula is C12H20B2O4. The zero-order valence-corrected chi connectivity index (χ0v) is 12.0. The normalized spacial score (nSPS) is 29.8. The molecule has 0 saturated heterocycles. The summed E-state index contributed by atoms with van der Waals surface area (Å²) in [4.78, 5) is 24.4. The monoisotopic (exact) mass is 250 g/mol. The molecule has 0 aromatic rings. The molecule has 3 atom stereocenters. The Hall–Kier alpha value is -1.19. The number of allylic oxidation sites excluding steroid dienone is 1. The van der Waals surface area contributed by atoms with Crippen molar-refractivity contribution in [2.24, 2.45) is 0 Å². The lowest BCUT2D eigenvalue weighted by Gasteiger charge is -2.38. The Bertz CT molecular complexity index is 399. The van der Waals surface area contributed by atoms with Crippen molar-refractivity contribution in [1.29, 1.82) is 0 Å². The van der Waals surface area contributed by atoms with Crippen molar-refractivity contribution in [3.63, 3.8) is 0 Å². The highest BCUT2D eigenvalue weighted by Gasteiger charge is 2.46. The largest absolute Gasteiger partial charge is 0.494 e. The van der Waals surface area contributed by atoms with E-state index in [1.165, 1.54) is 0 Å². The number of Topliss-reactive ketones (excluding diaryl/α,β-unsaturated/α-hetero) is 1. The third-order valence-corrected chi connectivity index (χ3v) is 3.38. The maximum Gasteiger partial charge on any atom is 0.345 e. The second kappa shape index (κ2) is 5.21. The Kier molecular flexibility index (Phi) is 4.30. The summed E-state index contributed by atoms with van der Waals surface area (Å²) in [6, 6.07) is 0. The summed E-state index contributed by atoms with van der Waals surface area (Å²) in [6.45, 7) is 7.50. The van der Waals surface area contributed by atoms with Crippen molar-refractivity contribution < 1.29 is 19.1 Å². The molecule has 1 aliphatic heterocycles. The third kappa shape index (κ3) is 2.47. The van der Waals surface area contributed by atoms with Gasteiger partial charge in [-0.2, -0.15) is 0 Å². The van der Waals surface area contributed by atoms with Gasteiger partial charge in [-0.05, 0) is 19.7 Å². The van der Waals surface area contributed by atoms with Gasteiger partial charge in [0.25, 0.3) is 0 Å². The number of ketones is 1. The molecule has 6 heteroatoms. The Morgan fingerprint density at radius 2 is 2.17 bits per heavy atom. The minimum atomic E-state index is -0.708. The number of carbonyl (C=O) groups excluding carboxylic acids is 2. The molecule has 0 fully saturated rings. The van der Waals surface area contributed by atoms with Crippen LogP contribution in [0.25, 0.3) is 0 Å². The van der Waals surface area contributed by atoms with Crippen LogP contribution in [-0.4, -0.2) is 40.2 Å². The first-order chi connectivity index (χ1) is 8.23. The van der Waals surface area contributed by atoms with Crippen molar-refractivity contribution >= 4 is 27.4 Å². The van der Waals surface area contributed by atoms with E-state index >= 15 is 0 Å². The van der Waals surface area contributed by atoms with Crippen LogP contribution in [0.3, 0.4) is 0 Å². The topological polar surface area (TPSA) is 52.6 Å². The van der Waals surface area contributed by atoms with Gasteiger partial charge >= 0.3 is 5.97 Å². The molecule has 98 valence electrons. The minimum Gasteiger partial charge on any atom is -0.494 e. The smallest absolute Gasteiger partial charge is 0.345 e. The molecule has 1 heterocycles. The quantitative estimate of drug-likeness (QED) is 0.403. The lowest BCUT2D eigenvalue weighted by molar-refractivity contribution is -0.142. The Morgan fingerprint density at radius 1 is 1.61 bits per heavy atom. The molecular weight excluding hydrogens is 230 g/mol. The molecule has 4 nitrogen and oxygen atoms in total. The molecule has 0 radical (unpaired) electrons. The van der Waals surface area contributed by atoms with Gasteiger partial charge in [-0.15, -0.1) is 0 Å². The standard InChI is InChI=1S/C12H20B2O4/c1-5-17-11(16)8-9(6(2)13)18-7(3)12(4,14)10(8)15/h6-7H,5,13-14H2,1-4H3. The van der Waals surface area contributed by atoms with Crippen molar-refractivity contribution in [3.05, 3.63) is 11.3 Å². The molecule has 3 unspecified atom stereocenters. The lowest BCUT2D eigenvalue weighted by atomic mass is 9.60. The predicted octanol–water partition coefficient (Wildman–Crippen LogP) is 0.0446. The molecule has 0 spiro atoms. The van der Waals surface area contributed by atoms with Crippen LogP contribution in [0.15, 0.2) is 11.3 Å². The number of hydrogen-bond donors (Lipinski definition) is 0. The summed E-state index contributed by atoms with van der Waals surface area (Å²) in [6.07, 6.45) is -0.249. The first-order valence-electron chi connectivity index (χ1n) is 6.36. The molecule has 1 rings (SSSR count). The third-order valence-electron chi connectivity index (χ3n) is 3.38. The van der Waals surface area contributed by atoms with Crippen LogP contribution < -0.4 is 0 Å². The Morgan fingerprint density at radius 3 is 2.61 bits per heavy atom. The summed E-state index contributed by atoms with van der Waals surface area (Å²) < 4.78 is 10.7. The van der Waals surface area contributed by atoms with Crippen LogP contribution in [0.1, 0.15) is 27.7 Å². The van der Waals surface area contributed by atoms with Gasteiger partial charge in [0.05, 0.1) is 6.61 Å². The summed E-state index contributed by atoms with van der Waals surface area (Å²) in [5.74, 6) is -0.341. The van der Waals surface area contributed by atoms with Crippen molar-refractivity contribution in [2.45, 2.75) is 44.9 Å². The van der Waals surface area contributed by atoms with Gasteiger partial charge in [-0.25, -0.2) is 4.79 Å². The molecule has 0 aromatic heterocycles. The summed E-state index contributed by atoms with van der Waals surface area (Å²) in [7, 11) is 3.68. The number of ether oxygens (including phenoxy) is 2. The summed E-state index contributed by atoms with van der Waals surface area (Å²) in [5, 5.41) is -0.708. The van der Waals surface area contributed by atoms with Gasteiger partial charge in [0, 0.05) is 5.31 Å². The molecule has 0 saturated carbocycles. The fourth-order valence-electron chi connectivity index (χ4n) is 1.84. The summed E-state index contributed by atoms with van der Waals surface area (Å²) in [5.41, 5.74) is 0.0787. The predicted molar refractivity (Wildman–Crippen MR) is 74.1 cm³/mol. The van der Waals surface area contributed by atoms with E-state index in [-0.39, 0.29) is 29.9 Å². The van der Waals surface area contributed by atoms with E-state index in [4.69, 9.17) is 9.47 Å². The van der Waals surface area contributed by atoms with E-state index in [2.05, 4.69) is 0 Å². The second-order valence-electron chi connectivity index (χ2n) is 5.43. The first kappa shape index (κ1) is 14.9. The Labute approximate surface area is 110 Å². The average Bonchev–Trinajstić information content (AvgIpc) is 2.26. The van der Waals surface area contributed by atoms with E-state index in [0.717, 1.165) is 0 Å². The van der Waals surface area contributed by atoms with Crippen LogP contribution in [0, 0.1) is 0 Å². The highest BCUT2D eigenvalue weighted by Crippen LogP contribution is 2.41. The second-order valence-corrected chi connectivity index (χ2v) is 5.43. The molecule has 0 aromatic carbocycles. The van der Waals surface area contributed by atoms with E-state index in [0.29, 0.717) is 5.76 Å². The van der Waals surface area contributed by atoms with Crippen LogP contribution in [0.2, 0.25) is 11.1 Å². The zero-order chi connectivity index (χ0) is 14.1. The number of hydrogen-bond acceptors (Lipinski definition) is 4. The van der Waals surface area contributed by atoms with Crippen molar-refractivity contribution in [3.8, 4) is 0 Å². The van der Waals surface area contributed by atoms with Gasteiger partial charge in [0.1, 0.15) is 33.1 Å². The average molecular weight is 250 g/mol. The van der Waals surface area contributed by atoms with E-state index in [1.54, 1.807) is 21.7 Å². The van der Waals surface area contributed by atoms with E-state index in [9.17, 15) is 9.59 Å². The fraction of sp³-hybridized carbons (Fsp3) is 0.667. The zero-order valence-electron chi connectivity index (χ0n) is 12.0.